The number of nitrogens with one attached hydrogen (secondary N) is 2. The van der Waals surface area contributed by atoms with E-state index in [1.165, 1.54) is 18.2 Å². The van der Waals surface area contributed by atoms with E-state index in [1.54, 1.807) is 25.1 Å². The van der Waals surface area contributed by atoms with Gasteiger partial charge in [-0.25, -0.2) is 9.82 Å². The molecule has 0 bridgehead atoms. The van der Waals surface area contributed by atoms with Crippen LogP contribution in [-0.2, 0) is 4.79 Å². The minimum Gasteiger partial charge on any atom is -0.486 e. The highest BCUT2D eigenvalue weighted by molar-refractivity contribution is 6.06. The molecule has 140 valence electrons. The van der Waals surface area contributed by atoms with Crippen LogP contribution in [0, 0.1) is 5.82 Å². The molecule has 2 aromatic rings. The Morgan fingerprint density at radius 3 is 2.67 bits per heavy atom. The van der Waals surface area contributed by atoms with Crippen molar-refractivity contribution in [2.45, 2.75) is 13.3 Å². The topological polar surface area (TPSA) is 89.0 Å². The molecule has 0 aromatic heterocycles. The second-order valence-electron chi connectivity index (χ2n) is 5.88. The highest BCUT2D eigenvalue weighted by Gasteiger charge is 2.13. The summed E-state index contributed by atoms with van der Waals surface area (Å²) in [5.74, 6) is -0.153. The van der Waals surface area contributed by atoms with Gasteiger partial charge in [-0.2, -0.15) is 5.10 Å². The zero-order chi connectivity index (χ0) is 19.2. The fourth-order valence-corrected chi connectivity index (χ4v) is 2.44. The van der Waals surface area contributed by atoms with E-state index in [0.717, 1.165) is 6.07 Å². The molecule has 0 saturated heterocycles. The average Bonchev–Trinajstić information content (AvgIpc) is 2.66. The fraction of sp³-hybridized carbons (Fsp3) is 0.211. The van der Waals surface area contributed by atoms with Gasteiger partial charge in [0.2, 0.25) is 5.91 Å². The van der Waals surface area contributed by atoms with E-state index in [0.29, 0.717) is 36.1 Å². The summed E-state index contributed by atoms with van der Waals surface area (Å²) in [5.41, 5.74) is 3.42. The van der Waals surface area contributed by atoms with Gasteiger partial charge in [0.1, 0.15) is 19.0 Å². The predicted octanol–water partition coefficient (Wildman–Crippen LogP) is 2.73. The number of anilines is 1. The SMILES string of the molecule is C/C(CC(=O)Nc1ccc2c(c1)OCCO2)=N/NC(=O)c1cccc(F)c1. The molecule has 0 aliphatic carbocycles. The molecule has 0 saturated carbocycles. The lowest BCUT2D eigenvalue weighted by Crippen LogP contribution is -2.21. The molecule has 2 amide bonds. The maximum Gasteiger partial charge on any atom is 0.271 e. The van der Waals surface area contributed by atoms with E-state index in [9.17, 15) is 14.0 Å². The fourth-order valence-electron chi connectivity index (χ4n) is 2.44. The zero-order valence-corrected chi connectivity index (χ0v) is 14.6. The molecule has 0 spiro atoms. The van der Waals surface area contributed by atoms with Crippen LogP contribution in [0.1, 0.15) is 23.7 Å². The second kappa shape index (κ2) is 8.31. The number of benzene rings is 2. The van der Waals surface area contributed by atoms with Crippen molar-refractivity contribution in [3.05, 3.63) is 53.8 Å². The Morgan fingerprint density at radius 1 is 1.11 bits per heavy atom. The lowest BCUT2D eigenvalue weighted by atomic mass is 10.2. The smallest absolute Gasteiger partial charge is 0.271 e. The minimum absolute atomic E-state index is 0.0160. The Bertz CT molecular complexity index is 898. The summed E-state index contributed by atoms with van der Waals surface area (Å²) in [6.07, 6.45) is -0.0160. The summed E-state index contributed by atoms with van der Waals surface area (Å²) in [6.45, 7) is 2.56. The molecule has 0 atom stereocenters. The second-order valence-corrected chi connectivity index (χ2v) is 5.88. The van der Waals surface area contributed by atoms with E-state index in [1.807, 2.05) is 0 Å². The Hall–Kier alpha value is -3.42. The number of amides is 2. The van der Waals surface area contributed by atoms with Gasteiger partial charge >= 0.3 is 0 Å². The summed E-state index contributed by atoms with van der Waals surface area (Å²) in [5, 5.41) is 6.60. The van der Waals surface area contributed by atoms with Crippen molar-refractivity contribution in [2.75, 3.05) is 18.5 Å². The number of carbonyl (C=O) groups excluding carboxylic acids is 2. The number of fused-ring (bicyclic) bond motifs is 1. The number of hydrazone groups is 1. The van der Waals surface area contributed by atoms with Gasteiger partial charge in [-0.15, -0.1) is 0 Å². The molecule has 2 N–H and O–H groups in total. The highest BCUT2D eigenvalue weighted by atomic mass is 19.1. The summed E-state index contributed by atoms with van der Waals surface area (Å²) in [6, 6.07) is 10.4. The van der Waals surface area contributed by atoms with E-state index in [4.69, 9.17) is 9.47 Å². The molecule has 7 nitrogen and oxygen atoms in total. The van der Waals surface area contributed by atoms with E-state index >= 15 is 0 Å². The first-order valence-electron chi connectivity index (χ1n) is 8.30. The van der Waals surface area contributed by atoms with Crippen LogP contribution in [0.5, 0.6) is 11.5 Å². The van der Waals surface area contributed by atoms with Crippen molar-refractivity contribution in [3.63, 3.8) is 0 Å². The lowest BCUT2D eigenvalue weighted by molar-refractivity contribution is -0.115. The van der Waals surface area contributed by atoms with Crippen LogP contribution in [0.4, 0.5) is 10.1 Å². The first-order valence-corrected chi connectivity index (χ1v) is 8.30. The Kier molecular flexibility index (Phi) is 5.65. The van der Waals surface area contributed by atoms with Crippen molar-refractivity contribution >= 4 is 23.2 Å². The summed E-state index contributed by atoms with van der Waals surface area (Å²) in [4.78, 5) is 24.0. The van der Waals surface area contributed by atoms with Gasteiger partial charge in [-0.05, 0) is 37.3 Å². The van der Waals surface area contributed by atoms with Gasteiger partial charge in [-0.1, -0.05) is 6.07 Å². The van der Waals surface area contributed by atoms with Gasteiger partial charge in [0.15, 0.2) is 11.5 Å². The summed E-state index contributed by atoms with van der Waals surface area (Å²) in [7, 11) is 0. The molecule has 1 heterocycles. The van der Waals surface area contributed by atoms with Crippen LogP contribution < -0.4 is 20.2 Å². The first-order chi connectivity index (χ1) is 13.0. The molecule has 0 radical (unpaired) electrons. The first kappa shape index (κ1) is 18.4. The average molecular weight is 371 g/mol. The molecule has 1 aliphatic heterocycles. The largest absolute Gasteiger partial charge is 0.486 e. The van der Waals surface area contributed by atoms with E-state index < -0.39 is 11.7 Å². The van der Waals surface area contributed by atoms with Gasteiger partial charge in [-0.3, -0.25) is 9.59 Å². The number of hydrogen-bond acceptors (Lipinski definition) is 5. The van der Waals surface area contributed by atoms with Crippen LogP contribution in [0.3, 0.4) is 0 Å². The number of ether oxygens (including phenoxy) is 2. The van der Waals surface area contributed by atoms with Crippen molar-refractivity contribution < 1.29 is 23.5 Å². The maximum atomic E-state index is 13.1. The Balaban J connectivity index is 1.54. The number of carbonyl (C=O) groups is 2. The van der Waals surface area contributed by atoms with Crippen molar-refractivity contribution in [1.82, 2.24) is 5.43 Å². The zero-order valence-electron chi connectivity index (χ0n) is 14.6. The molecular weight excluding hydrogens is 353 g/mol. The monoisotopic (exact) mass is 371 g/mol. The molecule has 27 heavy (non-hydrogen) atoms. The van der Waals surface area contributed by atoms with Crippen molar-refractivity contribution in [3.8, 4) is 11.5 Å². The van der Waals surface area contributed by atoms with Crippen LogP contribution >= 0.6 is 0 Å². The molecule has 0 fully saturated rings. The lowest BCUT2D eigenvalue weighted by Gasteiger charge is -2.19. The quantitative estimate of drug-likeness (QED) is 0.625. The van der Waals surface area contributed by atoms with Crippen LogP contribution in [0.15, 0.2) is 47.6 Å². The van der Waals surface area contributed by atoms with E-state index in [2.05, 4.69) is 15.8 Å². The third kappa shape index (κ3) is 5.04. The van der Waals surface area contributed by atoms with Gasteiger partial charge in [0, 0.05) is 23.0 Å². The third-order valence-corrected chi connectivity index (χ3v) is 3.68. The summed E-state index contributed by atoms with van der Waals surface area (Å²) >= 11 is 0. The van der Waals surface area contributed by atoms with Gasteiger partial charge in [0.05, 0.1) is 6.42 Å². The molecule has 3 rings (SSSR count). The standard InChI is InChI=1S/C19H18FN3O4/c1-12(22-23-19(25)13-3-2-4-14(20)10-13)9-18(24)21-15-5-6-16-17(11-15)27-8-7-26-16/h2-6,10-11H,7-9H2,1H3,(H,21,24)(H,23,25)/b22-12-. The van der Waals surface area contributed by atoms with E-state index in [-0.39, 0.29) is 17.9 Å². The van der Waals surface area contributed by atoms with Crippen molar-refractivity contribution in [1.29, 1.82) is 0 Å². The number of halogens is 1. The molecule has 2 aromatic carbocycles. The normalized spacial score (nSPS) is 13.0. The Morgan fingerprint density at radius 2 is 1.89 bits per heavy atom. The van der Waals surface area contributed by atoms with Gasteiger partial charge in [0.25, 0.3) is 5.91 Å². The highest BCUT2D eigenvalue weighted by Crippen LogP contribution is 2.32. The molecule has 0 unspecified atom stereocenters. The van der Waals surface area contributed by atoms with Crippen LogP contribution in [0.25, 0.3) is 0 Å². The number of hydrogen-bond donors (Lipinski definition) is 2. The predicted molar refractivity (Wildman–Crippen MR) is 97.7 cm³/mol. The van der Waals surface area contributed by atoms with Gasteiger partial charge < -0.3 is 14.8 Å². The molecular formula is C19H18FN3O4. The summed E-state index contributed by atoms with van der Waals surface area (Å²) < 4.78 is 24.0. The minimum atomic E-state index is -0.555. The third-order valence-electron chi connectivity index (χ3n) is 3.68. The Labute approximate surface area is 155 Å². The van der Waals surface area contributed by atoms with Crippen LogP contribution in [-0.4, -0.2) is 30.7 Å². The maximum absolute atomic E-state index is 13.1. The molecule has 8 heteroatoms. The molecule has 1 aliphatic rings. The van der Waals surface area contributed by atoms with Crippen LogP contribution in [0.2, 0.25) is 0 Å². The number of nitrogens with zero attached hydrogens (tertiary/aromatic N) is 1. The number of rotatable bonds is 5. The van der Waals surface area contributed by atoms with Crippen molar-refractivity contribution in [2.24, 2.45) is 5.10 Å².